The van der Waals surface area contributed by atoms with Crippen molar-refractivity contribution in [3.8, 4) is 5.75 Å². The van der Waals surface area contributed by atoms with E-state index in [1.54, 1.807) is 12.1 Å². The lowest BCUT2D eigenvalue weighted by molar-refractivity contribution is -0.168. The molecule has 1 aromatic carbocycles. The first-order valence-electron chi connectivity index (χ1n) is 11.4. The minimum atomic E-state index is -0.472. The van der Waals surface area contributed by atoms with Gasteiger partial charge in [-0.3, -0.25) is 4.79 Å². The molecule has 5 fully saturated rings. The van der Waals surface area contributed by atoms with E-state index < -0.39 is 11.6 Å². The number of rotatable bonds is 6. The van der Waals surface area contributed by atoms with Crippen LogP contribution in [0.25, 0.3) is 0 Å². The minimum absolute atomic E-state index is 0.0559. The van der Waals surface area contributed by atoms with Gasteiger partial charge in [0.15, 0.2) is 6.61 Å². The Morgan fingerprint density at radius 3 is 2.65 bits per heavy atom. The molecular formula is C24H30ClNO5. The molecule has 0 spiro atoms. The molecule has 1 aliphatic heterocycles. The summed E-state index contributed by atoms with van der Waals surface area (Å²) in [7, 11) is 1.31. The Balaban J connectivity index is 1.23. The van der Waals surface area contributed by atoms with E-state index >= 15 is 0 Å². The van der Waals surface area contributed by atoms with Crippen molar-refractivity contribution in [2.75, 3.05) is 20.3 Å². The van der Waals surface area contributed by atoms with Gasteiger partial charge in [-0.05, 0) is 80.4 Å². The normalized spacial score (nSPS) is 36.2. The molecule has 1 heterocycles. The lowest BCUT2D eigenvalue weighted by Crippen LogP contribution is -2.62. The minimum Gasteiger partial charge on any atom is -0.482 e. The van der Waals surface area contributed by atoms with E-state index in [1.165, 1.54) is 7.11 Å². The number of ether oxygens (including phenoxy) is 2. The quantitative estimate of drug-likeness (QED) is 0.677. The van der Waals surface area contributed by atoms with Gasteiger partial charge in [0, 0.05) is 23.5 Å². The summed E-state index contributed by atoms with van der Waals surface area (Å²) in [5.41, 5.74) is 0.451. The third-order valence-electron chi connectivity index (χ3n) is 7.98. The van der Waals surface area contributed by atoms with Gasteiger partial charge in [0.2, 0.25) is 5.91 Å². The predicted octanol–water partition coefficient (Wildman–Crippen LogP) is 3.22. The Labute approximate surface area is 187 Å². The molecule has 31 heavy (non-hydrogen) atoms. The number of hydrogen-bond donors (Lipinski definition) is 1. The Hall–Kier alpha value is -1.79. The summed E-state index contributed by atoms with van der Waals surface area (Å²) in [5.74, 6) is 1.79. The smallest absolute Gasteiger partial charge is 0.343 e. The van der Waals surface area contributed by atoms with Gasteiger partial charge in [0.05, 0.1) is 12.7 Å². The summed E-state index contributed by atoms with van der Waals surface area (Å²) in [6, 6.07) is 5.65. The predicted molar refractivity (Wildman–Crippen MR) is 115 cm³/mol. The second-order valence-electron chi connectivity index (χ2n) is 10.0. The van der Waals surface area contributed by atoms with E-state index in [1.807, 2.05) is 6.07 Å². The van der Waals surface area contributed by atoms with E-state index in [0.29, 0.717) is 41.0 Å². The Kier molecular flexibility index (Phi) is 5.41. The maximum atomic E-state index is 13.3. The van der Waals surface area contributed by atoms with Crippen molar-refractivity contribution >= 4 is 23.5 Å². The highest BCUT2D eigenvalue weighted by molar-refractivity contribution is 6.31. The van der Waals surface area contributed by atoms with Gasteiger partial charge in [-0.1, -0.05) is 17.7 Å². The van der Waals surface area contributed by atoms with Crippen LogP contribution < -0.4 is 4.74 Å². The molecule has 4 bridgehead atoms. The fourth-order valence-electron chi connectivity index (χ4n) is 6.96. The van der Waals surface area contributed by atoms with Crippen molar-refractivity contribution in [3.63, 3.8) is 0 Å². The van der Waals surface area contributed by atoms with Crippen LogP contribution in [0.15, 0.2) is 18.2 Å². The maximum Gasteiger partial charge on any atom is 0.343 e. The third-order valence-corrected chi connectivity index (χ3v) is 8.33. The number of aliphatic hydroxyl groups is 1. The molecule has 7 heteroatoms. The zero-order valence-electron chi connectivity index (χ0n) is 17.9. The van der Waals surface area contributed by atoms with E-state index in [9.17, 15) is 14.7 Å². The second-order valence-corrected chi connectivity index (χ2v) is 10.4. The number of hydrogen-bond acceptors (Lipinski definition) is 5. The zero-order chi connectivity index (χ0) is 21.8. The number of amides is 1. The van der Waals surface area contributed by atoms with Crippen LogP contribution in [-0.2, 0) is 20.7 Å². The zero-order valence-corrected chi connectivity index (χ0v) is 18.6. The van der Waals surface area contributed by atoms with E-state index in [0.717, 1.165) is 50.6 Å². The number of benzene rings is 1. The van der Waals surface area contributed by atoms with Gasteiger partial charge in [0.1, 0.15) is 5.75 Å². The summed E-state index contributed by atoms with van der Waals surface area (Å²) < 4.78 is 9.96. The average Bonchev–Trinajstić information content (AvgIpc) is 3.06. The van der Waals surface area contributed by atoms with Crippen LogP contribution in [0.3, 0.4) is 0 Å². The van der Waals surface area contributed by atoms with Gasteiger partial charge in [0.25, 0.3) is 0 Å². The second kappa shape index (κ2) is 7.96. The molecule has 1 amide bonds. The van der Waals surface area contributed by atoms with Crippen LogP contribution in [0.5, 0.6) is 5.75 Å². The molecule has 1 aromatic rings. The number of carbonyl (C=O) groups is 2. The van der Waals surface area contributed by atoms with Gasteiger partial charge in [-0.25, -0.2) is 4.79 Å². The maximum absolute atomic E-state index is 13.3. The number of carbonyl (C=O) groups excluding carboxylic acids is 2. The summed E-state index contributed by atoms with van der Waals surface area (Å²) in [4.78, 5) is 26.7. The Morgan fingerprint density at radius 2 is 2.00 bits per heavy atom. The van der Waals surface area contributed by atoms with Crippen LogP contribution in [0.1, 0.15) is 44.1 Å². The SMILES string of the molecule is COC(=O)COc1ccc(CC2CCN(C3C4CC5CC3CC(O)(C5)C4)C2=O)c(Cl)c1. The summed E-state index contributed by atoms with van der Waals surface area (Å²) in [6.07, 6.45) is 6.46. The van der Waals surface area contributed by atoms with Crippen LogP contribution in [0.2, 0.25) is 5.02 Å². The Morgan fingerprint density at radius 1 is 1.26 bits per heavy atom. The van der Waals surface area contributed by atoms with Gasteiger partial charge >= 0.3 is 5.97 Å². The summed E-state index contributed by atoms with van der Waals surface area (Å²) in [5, 5.41) is 11.4. The van der Waals surface area contributed by atoms with Crippen molar-refractivity contribution < 1.29 is 24.2 Å². The van der Waals surface area contributed by atoms with Crippen LogP contribution in [0.4, 0.5) is 0 Å². The van der Waals surface area contributed by atoms with Crippen molar-refractivity contribution in [2.45, 2.75) is 56.6 Å². The molecule has 4 aliphatic carbocycles. The lowest BCUT2D eigenvalue weighted by atomic mass is 9.52. The molecule has 0 aromatic heterocycles. The third kappa shape index (κ3) is 3.93. The molecule has 4 saturated carbocycles. The van der Waals surface area contributed by atoms with Crippen LogP contribution >= 0.6 is 11.6 Å². The largest absolute Gasteiger partial charge is 0.482 e. The molecule has 3 unspecified atom stereocenters. The highest BCUT2D eigenvalue weighted by Crippen LogP contribution is 2.57. The number of halogens is 1. The lowest BCUT2D eigenvalue weighted by Gasteiger charge is -2.59. The first-order chi connectivity index (χ1) is 14.8. The molecule has 5 aliphatic rings. The average molecular weight is 448 g/mol. The number of methoxy groups -OCH3 is 1. The topological polar surface area (TPSA) is 76.1 Å². The van der Waals surface area contributed by atoms with Crippen molar-refractivity contribution in [3.05, 3.63) is 28.8 Å². The van der Waals surface area contributed by atoms with Gasteiger partial charge < -0.3 is 19.5 Å². The molecule has 168 valence electrons. The Bertz CT molecular complexity index is 873. The summed E-state index contributed by atoms with van der Waals surface area (Å²) in [6.45, 7) is 0.643. The van der Waals surface area contributed by atoms with Crippen molar-refractivity contribution in [1.82, 2.24) is 4.90 Å². The van der Waals surface area contributed by atoms with Crippen molar-refractivity contribution in [2.24, 2.45) is 23.7 Å². The fraction of sp³-hybridized carbons (Fsp3) is 0.667. The molecule has 6 rings (SSSR count). The standard InChI is InChI=1S/C24H30ClNO5/c1-30-21(27)13-31-19-3-2-15(20(25)9-19)8-16-4-5-26(23(16)28)22-17-6-14-7-18(22)12-24(29,10-14)11-17/h2-3,9,14,16-18,22,29H,4-8,10-13H2,1H3. The highest BCUT2D eigenvalue weighted by Gasteiger charge is 2.57. The van der Waals surface area contributed by atoms with Gasteiger partial charge in [-0.15, -0.1) is 0 Å². The van der Waals surface area contributed by atoms with E-state index in [4.69, 9.17) is 16.3 Å². The summed E-state index contributed by atoms with van der Waals surface area (Å²) >= 11 is 6.46. The molecule has 6 nitrogen and oxygen atoms in total. The van der Waals surface area contributed by atoms with Crippen LogP contribution in [-0.4, -0.2) is 53.8 Å². The number of nitrogens with zero attached hydrogens (tertiary/aromatic N) is 1. The molecular weight excluding hydrogens is 418 g/mol. The molecule has 3 atom stereocenters. The van der Waals surface area contributed by atoms with Crippen molar-refractivity contribution in [1.29, 1.82) is 0 Å². The molecule has 0 radical (unpaired) electrons. The molecule has 1 N–H and O–H groups in total. The highest BCUT2D eigenvalue weighted by atomic mass is 35.5. The first kappa shape index (κ1) is 21.1. The van der Waals surface area contributed by atoms with E-state index in [2.05, 4.69) is 9.64 Å². The molecule has 1 saturated heterocycles. The van der Waals surface area contributed by atoms with E-state index in [-0.39, 0.29) is 18.4 Å². The number of likely N-dealkylation sites (tertiary alicyclic amines) is 1. The first-order valence-corrected chi connectivity index (χ1v) is 11.7. The monoisotopic (exact) mass is 447 g/mol. The number of esters is 1. The van der Waals surface area contributed by atoms with Crippen LogP contribution in [0, 0.1) is 23.7 Å². The fourth-order valence-corrected chi connectivity index (χ4v) is 7.21. The van der Waals surface area contributed by atoms with Gasteiger partial charge in [-0.2, -0.15) is 0 Å².